The number of aryl methyl sites for hydroxylation is 1. The van der Waals surface area contributed by atoms with E-state index in [0.29, 0.717) is 16.8 Å². The Morgan fingerprint density at radius 3 is 2.13 bits per heavy atom. The molecule has 3 aliphatic rings. The number of carbonyl (C=O) groups excluding carboxylic acids is 4. The highest BCUT2D eigenvalue weighted by Gasteiger charge is 2.64. The van der Waals surface area contributed by atoms with E-state index < -0.39 is 17.9 Å². The number of nitrogens with zero attached hydrogens (tertiary/aromatic N) is 2. The zero-order chi connectivity index (χ0) is 21.9. The third kappa shape index (κ3) is 2.97. The van der Waals surface area contributed by atoms with Crippen molar-refractivity contribution in [1.29, 1.82) is 0 Å². The number of fused-ring (bicyclic) bond motifs is 3. The summed E-state index contributed by atoms with van der Waals surface area (Å²) in [5.74, 6) is -1.88. The van der Waals surface area contributed by atoms with E-state index in [-0.39, 0.29) is 29.4 Å². The predicted octanol–water partition coefficient (Wildman–Crippen LogP) is 3.03. The molecule has 0 unspecified atom stereocenters. The van der Waals surface area contributed by atoms with E-state index in [1.54, 1.807) is 36.4 Å². The number of hydrogen-bond donors (Lipinski definition) is 0. The van der Waals surface area contributed by atoms with Crippen LogP contribution in [0.15, 0.2) is 48.5 Å². The molecule has 2 aromatic rings. The van der Waals surface area contributed by atoms with Crippen molar-refractivity contribution in [2.45, 2.75) is 38.8 Å². The Morgan fingerprint density at radius 1 is 0.871 bits per heavy atom. The Bertz CT molecular complexity index is 1090. The highest BCUT2D eigenvalue weighted by Crippen LogP contribution is 2.48. The van der Waals surface area contributed by atoms with E-state index in [9.17, 15) is 19.2 Å². The Kier molecular flexibility index (Phi) is 4.63. The lowest BCUT2D eigenvalue weighted by atomic mass is 9.85. The summed E-state index contributed by atoms with van der Waals surface area (Å²) in [6, 6.07) is 13.2. The molecule has 0 aliphatic carbocycles. The van der Waals surface area contributed by atoms with Crippen molar-refractivity contribution in [3.8, 4) is 0 Å². The molecule has 3 heterocycles. The molecule has 0 spiro atoms. The van der Waals surface area contributed by atoms with Gasteiger partial charge >= 0.3 is 0 Å². The van der Waals surface area contributed by atoms with Crippen molar-refractivity contribution in [2.24, 2.45) is 11.8 Å². The molecule has 5 rings (SSSR count). The number of amides is 2. The molecule has 31 heavy (non-hydrogen) atoms. The number of ketones is 2. The fourth-order valence-corrected chi connectivity index (χ4v) is 5.50. The number of imide groups is 1. The molecule has 0 saturated carbocycles. The van der Waals surface area contributed by atoms with Crippen LogP contribution in [0.1, 0.15) is 46.0 Å². The predicted molar refractivity (Wildman–Crippen MR) is 115 cm³/mol. The van der Waals surface area contributed by atoms with Crippen LogP contribution < -0.4 is 4.90 Å². The minimum absolute atomic E-state index is 0.0761. The van der Waals surface area contributed by atoms with Crippen LogP contribution in [0.25, 0.3) is 0 Å². The summed E-state index contributed by atoms with van der Waals surface area (Å²) < 4.78 is 0. The zero-order valence-electron chi connectivity index (χ0n) is 17.6. The number of anilines is 1. The van der Waals surface area contributed by atoms with Crippen LogP contribution in [0.3, 0.4) is 0 Å². The molecule has 2 aromatic carbocycles. The quantitative estimate of drug-likeness (QED) is 0.566. The molecule has 0 aromatic heterocycles. The van der Waals surface area contributed by atoms with Crippen molar-refractivity contribution in [3.05, 3.63) is 65.2 Å². The minimum Gasteiger partial charge on any atom is -0.295 e. The van der Waals surface area contributed by atoms with Gasteiger partial charge in [-0.25, -0.2) is 4.90 Å². The van der Waals surface area contributed by atoms with Crippen LogP contribution in [0.2, 0.25) is 0 Å². The lowest BCUT2D eigenvalue weighted by Crippen LogP contribution is -2.46. The van der Waals surface area contributed by atoms with Crippen molar-refractivity contribution in [2.75, 3.05) is 11.4 Å². The second kappa shape index (κ2) is 7.24. The molecule has 4 atom stereocenters. The van der Waals surface area contributed by atoms with Gasteiger partial charge in [0, 0.05) is 17.2 Å². The van der Waals surface area contributed by atoms with E-state index in [4.69, 9.17) is 0 Å². The molecule has 0 radical (unpaired) electrons. The van der Waals surface area contributed by atoms with Gasteiger partial charge in [0.15, 0.2) is 11.6 Å². The zero-order valence-corrected chi connectivity index (χ0v) is 17.6. The highest BCUT2D eigenvalue weighted by molar-refractivity contribution is 6.24. The maximum absolute atomic E-state index is 13.5. The summed E-state index contributed by atoms with van der Waals surface area (Å²) in [5.41, 5.74) is 2.62. The first kappa shape index (κ1) is 19.8. The molecule has 6 nitrogen and oxygen atoms in total. The molecule has 2 amide bonds. The third-order valence-electron chi connectivity index (χ3n) is 6.99. The van der Waals surface area contributed by atoms with Crippen LogP contribution in [0, 0.1) is 18.8 Å². The van der Waals surface area contributed by atoms with Gasteiger partial charge in [-0.2, -0.15) is 0 Å². The second-order valence-electron chi connectivity index (χ2n) is 8.79. The average Bonchev–Trinajstić information content (AvgIpc) is 3.40. The molecule has 158 valence electrons. The summed E-state index contributed by atoms with van der Waals surface area (Å²) in [7, 11) is 0. The van der Waals surface area contributed by atoms with E-state index in [1.165, 1.54) is 11.8 Å². The Hall–Kier alpha value is -3.12. The minimum atomic E-state index is -0.668. The molecule has 0 bridgehead atoms. The van der Waals surface area contributed by atoms with Crippen LogP contribution in [0.5, 0.6) is 0 Å². The summed E-state index contributed by atoms with van der Waals surface area (Å²) in [6.45, 7) is 4.17. The van der Waals surface area contributed by atoms with Crippen LogP contribution in [0.4, 0.5) is 5.69 Å². The average molecular weight is 416 g/mol. The van der Waals surface area contributed by atoms with Gasteiger partial charge in [0.05, 0.1) is 23.6 Å². The van der Waals surface area contributed by atoms with E-state index in [0.717, 1.165) is 24.9 Å². The Balaban J connectivity index is 1.52. The van der Waals surface area contributed by atoms with Crippen LogP contribution in [-0.4, -0.2) is 46.9 Å². The molecular weight excluding hydrogens is 392 g/mol. The topological polar surface area (TPSA) is 74.8 Å². The number of benzene rings is 2. The standard InChI is InChI=1S/C25H24N2O4/c1-14-5-7-17(8-6-14)23(29)22-21-20(19-4-3-13-26(19)22)24(30)27(25(21)31)18-11-9-16(10-12-18)15(2)28/h5-12,19-22H,3-4,13H2,1-2H3/t19-,20-,21-,22-/m1/s1. The lowest BCUT2D eigenvalue weighted by molar-refractivity contribution is -0.123. The van der Waals surface area contributed by atoms with Crippen molar-refractivity contribution < 1.29 is 19.2 Å². The summed E-state index contributed by atoms with van der Waals surface area (Å²) in [5, 5.41) is 0. The van der Waals surface area contributed by atoms with Crippen LogP contribution >= 0.6 is 0 Å². The molecular formula is C25H24N2O4. The SMILES string of the molecule is CC(=O)c1ccc(N2C(=O)[C@@H]3[C@H](C2=O)[C@H]2CCCN2[C@H]3C(=O)c2ccc(C)cc2)cc1. The van der Waals surface area contributed by atoms with Gasteiger partial charge in [-0.05, 0) is 57.5 Å². The molecule has 3 aliphatic heterocycles. The monoisotopic (exact) mass is 416 g/mol. The smallest absolute Gasteiger partial charge is 0.239 e. The van der Waals surface area contributed by atoms with Gasteiger partial charge in [0.1, 0.15) is 0 Å². The second-order valence-corrected chi connectivity index (χ2v) is 8.79. The van der Waals surface area contributed by atoms with Crippen molar-refractivity contribution in [3.63, 3.8) is 0 Å². The first-order valence-electron chi connectivity index (χ1n) is 10.7. The van der Waals surface area contributed by atoms with Crippen molar-refractivity contribution >= 4 is 29.1 Å². The number of Topliss-reactive ketones (excluding diaryl/α,β-unsaturated/α-hetero) is 2. The van der Waals surface area contributed by atoms with Crippen LogP contribution in [-0.2, 0) is 9.59 Å². The summed E-state index contributed by atoms with van der Waals surface area (Å²) in [4.78, 5) is 55.3. The highest BCUT2D eigenvalue weighted by atomic mass is 16.2. The summed E-state index contributed by atoms with van der Waals surface area (Å²) in [6.07, 6.45) is 1.73. The Labute approximate surface area is 180 Å². The van der Waals surface area contributed by atoms with Gasteiger partial charge < -0.3 is 0 Å². The van der Waals surface area contributed by atoms with Gasteiger partial charge in [-0.15, -0.1) is 0 Å². The molecule has 3 fully saturated rings. The van der Waals surface area contributed by atoms with Gasteiger partial charge in [0.2, 0.25) is 11.8 Å². The normalized spacial score (nSPS) is 27.5. The first-order chi connectivity index (χ1) is 14.9. The molecule has 3 saturated heterocycles. The summed E-state index contributed by atoms with van der Waals surface area (Å²) >= 11 is 0. The van der Waals surface area contributed by atoms with Gasteiger partial charge in [-0.1, -0.05) is 29.8 Å². The molecule has 6 heteroatoms. The molecule has 0 N–H and O–H groups in total. The maximum atomic E-state index is 13.5. The van der Waals surface area contributed by atoms with Gasteiger partial charge in [-0.3, -0.25) is 24.1 Å². The third-order valence-corrected chi connectivity index (χ3v) is 6.99. The van der Waals surface area contributed by atoms with E-state index in [2.05, 4.69) is 4.90 Å². The van der Waals surface area contributed by atoms with E-state index >= 15 is 0 Å². The largest absolute Gasteiger partial charge is 0.295 e. The number of carbonyl (C=O) groups is 4. The van der Waals surface area contributed by atoms with E-state index in [1.807, 2.05) is 19.1 Å². The fourth-order valence-electron chi connectivity index (χ4n) is 5.50. The Morgan fingerprint density at radius 2 is 1.48 bits per heavy atom. The number of rotatable bonds is 4. The lowest BCUT2D eigenvalue weighted by Gasteiger charge is -2.27. The first-order valence-corrected chi connectivity index (χ1v) is 10.7. The van der Waals surface area contributed by atoms with Gasteiger partial charge in [0.25, 0.3) is 0 Å². The maximum Gasteiger partial charge on any atom is 0.239 e. The fraction of sp³-hybridized carbons (Fsp3) is 0.360. The number of hydrogen-bond acceptors (Lipinski definition) is 5. The van der Waals surface area contributed by atoms with Crippen molar-refractivity contribution in [1.82, 2.24) is 4.90 Å².